The highest BCUT2D eigenvalue weighted by Crippen LogP contribution is 2.28. The maximum atomic E-state index is 10.2. The quantitative estimate of drug-likeness (QED) is 0.836. The Morgan fingerprint density at radius 1 is 0.864 bits per heavy atom. The fourth-order valence-electron chi connectivity index (χ4n) is 5.06. The van der Waals surface area contributed by atoms with Gasteiger partial charge in [0.1, 0.15) is 0 Å². The van der Waals surface area contributed by atoms with Gasteiger partial charge in [-0.3, -0.25) is 4.90 Å². The molecule has 3 atom stereocenters. The molecule has 0 amide bonds. The predicted octanol–water partition coefficient (Wildman–Crippen LogP) is 3.31. The Labute approximate surface area is 136 Å². The molecule has 3 nitrogen and oxygen atoms in total. The Kier molecular flexibility index (Phi) is 6.17. The summed E-state index contributed by atoms with van der Waals surface area (Å²) in [5.74, 6) is 0.909. The van der Waals surface area contributed by atoms with E-state index in [-0.39, 0.29) is 6.10 Å². The van der Waals surface area contributed by atoms with E-state index in [1.165, 1.54) is 77.3 Å². The van der Waals surface area contributed by atoms with Crippen LogP contribution in [0.2, 0.25) is 0 Å². The van der Waals surface area contributed by atoms with Gasteiger partial charge in [-0.2, -0.15) is 0 Å². The average molecular weight is 309 g/mol. The van der Waals surface area contributed by atoms with Crippen molar-refractivity contribution in [3.05, 3.63) is 0 Å². The van der Waals surface area contributed by atoms with Gasteiger partial charge in [-0.1, -0.05) is 32.1 Å². The van der Waals surface area contributed by atoms with Crippen LogP contribution >= 0.6 is 0 Å². The second kappa shape index (κ2) is 8.12. The normalized spacial score (nSPS) is 34.6. The zero-order valence-corrected chi connectivity index (χ0v) is 14.5. The number of rotatable bonds is 4. The number of aliphatic hydroxyl groups is 1. The Morgan fingerprint density at radius 3 is 2.18 bits per heavy atom. The molecule has 0 radical (unpaired) electrons. The minimum Gasteiger partial charge on any atom is -0.391 e. The zero-order chi connectivity index (χ0) is 15.4. The van der Waals surface area contributed by atoms with Crippen molar-refractivity contribution in [1.29, 1.82) is 0 Å². The van der Waals surface area contributed by atoms with Crippen LogP contribution in [-0.4, -0.2) is 47.3 Å². The van der Waals surface area contributed by atoms with E-state index in [9.17, 15) is 5.11 Å². The molecule has 3 unspecified atom stereocenters. The lowest BCUT2D eigenvalue weighted by Crippen LogP contribution is -2.53. The fourth-order valence-corrected chi connectivity index (χ4v) is 5.06. The van der Waals surface area contributed by atoms with Crippen LogP contribution in [0, 0.1) is 5.92 Å². The molecule has 22 heavy (non-hydrogen) atoms. The van der Waals surface area contributed by atoms with Gasteiger partial charge in [-0.25, -0.2) is 0 Å². The van der Waals surface area contributed by atoms with Crippen LogP contribution < -0.4 is 5.32 Å². The van der Waals surface area contributed by atoms with E-state index in [1.54, 1.807) is 0 Å². The lowest BCUT2D eigenvalue weighted by Gasteiger charge is -2.42. The summed E-state index contributed by atoms with van der Waals surface area (Å²) in [5.41, 5.74) is 0. The van der Waals surface area contributed by atoms with E-state index in [0.717, 1.165) is 12.3 Å². The summed E-state index contributed by atoms with van der Waals surface area (Å²) in [7, 11) is 0. The van der Waals surface area contributed by atoms with E-state index >= 15 is 0 Å². The van der Waals surface area contributed by atoms with Crippen LogP contribution in [0.3, 0.4) is 0 Å². The highest BCUT2D eigenvalue weighted by Gasteiger charge is 2.32. The first-order chi connectivity index (χ1) is 10.7. The Hall–Kier alpha value is -0.120. The largest absolute Gasteiger partial charge is 0.391 e. The lowest BCUT2D eigenvalue weighted by atomic mass is 9.84. The van der Waals surface area contributed by atoms with Gasteiger partial charge in [0.25, 0.3) is 0 Å². The molecule has 2 N–H and O–H groups in total. The van der Waals surface area contributed by atoms with Crippen LogP contribution in [0.5, 0.6) is 0 Å². The molecule has 2 aliphatic carbocycles. The molecule has 0 aromatic carbocycles. The maximum Gasteiger partial charge on any atom is 0.0695 e. The third-order valence-electron chi connectivity index (χ3n) is 6.55. The van der Waals surface area contributed by atoms with Gasteiger partial charge in [0, 0.05) is 31.2 Å². The van der Waals surface area contributed by atoms with Crippen molar-refractivity contribution in [3.8, 4) is 0 Å². The minimum absolute atomic E-state index is 0.0700. The van der Waals surface area contributed by atoms with Gasteiger partial charge in [0.05, 0.1) is 6.10 Å². The topological polar surface area (TPSA) is 35.5 Å². The molecule has 1 aliphatic heterocycles. The van der Waals surface area contributed by atoms with Crippen LogP contribution in [0.4, 0.5) is 0 Å². The summed E-state index contributed by atoms with van der Waals surface area (Å²) in [5, 5.41) is 14.2. The standard InChI is InChI=1S/C19H36N2O/c1-15(16-7-3-2-4-8-16)20-17-11-13-21(14-12-17)18-9-5-6-10-19(18)22/h15-20,22H,2-14H2,1H3. The molecule has 1 saturated heterocycles. The van der Waals surface area contributed by atoms with Crippen molar-refractivity contribution in [2.45, 2.75) is 102 Å². The van der Waals surface area contributed by atoms with Crippen molar-refractivity contribution >= 4 is 0 Å². The monoisotopic (exact) mass is 308 g/mol. The van der Waals surface area contributed by atoms with Gasteiger partial charge in [0.2, 0.25) is 0 Å². The lowest BCUT2D eigenvalue weighted by molar-refractivity contribution is 0.00616. The van der Waals surface area contributed by atoms with E-state index in [1.807, 2.05) is 0 Å². The minimum atomic E-state index is -0.0700. The summed E-state index contributed by atoms with van der Waals surface area (Å²) in [6, 6.07) is 1.84. The van der Waals surface area contributed by atoms with Crippen molar-refractivity contribution in [1.82, 2.24) is 10.2 Å². The highest BCUT2D eigenvalue weighted by molar-refractivity contribution is 4.89. The number of piperidine rings is 1. The summed E-state index contributed by atoms with van der Waals surface area (Å²) in [4.78, 5) is 2.58. The van der Waals surface area contributed by atoms with Crippen molar-refractivity contribution in [2.75, 3.05) is 13.1 Å². The summed E-state index contributed by atoms with van der Waals surface area (Å²) in [6.07, 6.45) is 14.4. The molecule has 0 bridgehead atoms. The van der Waals surface area contributed by atoms with Crippen LogP contribution in [0.15, 0.2) is 0 Å². The summed E-state index contributed by atoms with van der Waals surface area (Å²) < 4.78 is 0. The number of aliphatic hydroxyl groups excluding tert-OH is 1. The van der Waals surface area contributed by atoms with Crippen LogP contribution in [0.25, 0.3) is 0 Å². The van der Waals surface area contributed by atoms with Crippen molar-refractivity contribution in [2.24, 2.45) is 5.92 Å². The number of nitrogens with zero attached hydrogens (tertiary/aromatic N) is 1. The molecule has 0 spiro atoms. The molecule has 128 valence electrons. The first-order valence-electron chi connectivity index (χ1n) is 9.92. The molecule has 2 saturated carbocycles. The smallest absolute Gasteiger partial charge is 0.0695 e. The SMILES string of the molecule is CC(NC1CCN(C2CCCCC2O)CC1)C1CCCCC1. The van der Waals surface area contributed by atoms with Crippen molar-refractivity contribution < 1.29 is 5.11 Å². The number of hydrogen-bond acceptors (Lipinski definition) is 3. The van der Waals surface area contributed by atoms with Crippen LogP contribution in [0.1, 0.15) is 77.6 Å². The third kappa shape index (κ3) is 4.24. The second-order valence-electron chi connectivity index (χ2n) is 8.08. The highest BCUT2D eigenvalue weighted by atomic mass is 16.3. The first-order valence-corrected chi connectivity index (χ1v) is 9.92. The molecule has 3 heteroatoms. The van der Waals surface area contributed by atoms with Crippen molar-refractivity contribution in [3.63, 3.8) is 0 Å². The van der Waals surface area contributed by atoms with Gasteiger partial charge in [-0.05, 0) is 51.4 Å². The second-order valence-corrected chi connectivity index (χ2v) is 8.08. The maximum absolute atomic E-state index is 10.2. The summed E-state index contributed by atoms with van der Waals surface area (Å²) >= 11 is 0. The summed E-state index contributed by atoms with van der Waals surface area (Å²) in [6.45, 7) is 4.76. The third-order valence-corrected chi connectivity index (χ3v) is 6.55. The Balaban J connectivity index is 1.41. The molecule has 0 aromatic rings. The molecule has 3 rings (SSSR count). The predicted molar refractivity (Wildman–Crippen MR) is 92.0 cm³/mol. The fraction of sp³-hybridized carbons (Fsp3) is 1.00. The number of hydrogen-bond donors (Lipinski definition) is 2. The van der Waals surface area contributed by atoms with E-state index < -0.39 is 0 Å². The number of likely N-dealkylation sites (tertiary alicyclic amines) is 1. The molecule has 1 heterocycles. The number of nitrogens with one attached hydrogen (secondary N) is 1. The van der Waals surface area contributed by atoms with Gasteiger partial charge in [0.15, 0.2) is 0 Å². The molecular formula is C19H36N2O. The molecule has 0 aromatic heterocycles. The Morgan fingerprint density at radius 2 is 1.50 bits per heavy atom. The van der Waals surface area contributed by atoms with Gasteiger partial charge >= 0.3 is 0 Å². The van der Waals surface area contributed by atoms with E-state index in [0.29, 0.717) is 18.1 Å². The van der Waals surface area contributed by atoms with E-state index in [4.69, 9.17) is 0 Å². The van der Waals surface area contributed by atoms with Gasteiger partial charge in [-0.15, -0.1) is 0 Å². The molecule has 3 aliphatic rings. The average Bonchev–Trinajstić information content (AvgIpc) is 2.57. The van der Waals surface area contributed by atoms with E-state index in [2.05, 4.69) is 17.1 Å². The Bertz CT molecular complexity index is 321. The van der Waals surface area contributed by atoms with Crippen LogP contribution in [-0.2, 0) is 0 Å². The molecule has 3 fully saturated rings. The zero-order valence-electron chi connectivity index (χ0n) is 14.5. The van der Waals surface area contributed by atoms with Gasteiger partial charge < -0.3 is 10.4 Å². The first kappa shape index (κ1) is 16.7. The molecular weight excluding hydrogens is 272 g/mol.